The van der Waals surface area contributed by atoms with Crippen molar-refractivity contribution in [2.45, 2.75) is 17.8 Å². The number of hydrogen-bond donors (Lipinski definition) is 4. The quantitative estimate of drug-likeness (QED) is 0.178. The number of anilines is 4. The Morgan fingerprint density at radius 3 is 1.05 bits per heavy atom. The van der Waals surface area contributed by atoms with Crippen LogP contribution in [0.1, 0.15) is 11.1 Å². The van der Waals surface area contributed by atoms with Crippen molar-refractivity contribution in [1.29, 1.82) is 0 Å². The summed E-state index contributed by atoms with van der Waals surface area (Å²) < 4.78 is 91.4. The molecule has 0 aliphatic heterocycles. The van der Waals surface area contributed by atoms with Gasteiger partial charge in [0.05, 0.1) is 22.7 Å². The molecule has 0 spiro atoms. The van der Waals surface area contributed by atoms with Gasteiger partial charge in [0, 0.05) is 11.1 Å². The fraction of sp³-hybridized carbons (Fsp3) is 0.111. The number of hydrogen-bond acceptors (Lipinski definition) is 4. The van der Waals surface area contributed by atoms with Crippen molar-refractivity contribution in [2.75, 3.05) is 22.9 Å². The first-order chi connectivity index (χ1) is 17.3. The molecule has 0 heterocycles. The summed E-state index contributed by atoms with van der Waals surface area (Å²) in [7, 11) is 0. The number of nitrogen functional groups attached to an aromatic ring is 4. The molecule has 4 rings (SSSR count). The van der Waals surface area contributed by atoms with Crippen LogP contribution in [-0.4, -0.2) is 12.4 Å². The van der Waals surface area contributed by atoms with Crippen LogP contribution in [0.5, 0.6) is 0 Å². The van der Waals surface area contributed by atoms with E-state index in [1.165, 1.54) is 48.5 Å². The molecule has 0 fully saturated rings. The second-order valence-corrected chi connectivity index (χ2v) is 8.46. The lowest BCUT2D eigenvalue weighted by molar-refractivity contribution is -0.288. The molecule has 0 aromatic heterocycles. The van der Waals surface area contributed by atoms with Crippen molar-refractivity contribution in [2.24, 2.45) is 0 Å². The van der Waals surface area contributed by atoms with E-state index in [1.807, 2.05) is 0 Å². The van der Waals surface area contributed by atoms with Crippen molar-refractivity contribution in [3.05, 3.63) is 96.1 Å². The summed E-state index contributed by atoms with van der Waals surface area (Å²) in [5.74, 6) is 0. The van der Waals surface area contributed by atoms with Crippen LogP contribution in [0.2, 0.25) is 0 Å². The maximum atomic E-state index is 15.2. The maximum Gasteiger partial charge on any atom is 0.411 e. The molecule has 10 heteroatoms. The smallest absolute Gasteiger partial charge is 0.397 e. The van der Waals surface area contributed by atoms with Gasteiger partial charge in [0.2, 0.25) is 5.41 Å². The highest BCUT2D eigenvalue weighted by molar-refractivity contribution is 5.92. The zero-order chi connectivity index (χ0) is 27.2. The summed E-state index contributed by atoms with van der Waals surface area (Å²) >= 11 is 0. The second-order valence-electron chi connectivity index (χ2n) is 8.46. The Bertz CT molecular complexity index is 1320. The molecule has 4 aromatic rings. The van der Waals surface area contributed by atoms with Crippen molar-refractivity contribution in [1.82, 2.24) is 0 Å². The second kappa shape index (κ2) is 8.95. The van der Waals surface area contributed by atoms with Crippen LogP contribution in [0.15, 0.2) is 84.9 Å². The highest BCUT2D eigenvalue weighted by Gasteiger charge is 2.74. The lowest BCUT2D eigenvalue weighted by Crippen LogP contribution is -2.55. The molecule has 4 nitrogen and oxygen atoms in total. The fourth-order valence-electron chi connectivity index (χ4n) is 4.64. The Labute approximate surface area is 208 Å². The lowest BCUT2D eigenvalue weighted by Gasteiger charge is -2.41. The standard InChI is InChI=1S/C27H22F6N4/c28-26(29,30)25(27(31,32)33,17-11-13-19(34)23(36)21(17)15-7-3-1-4-8-15)18-12-14-20(35)24(37)22(18)16-9-5-2-6-10-16/h1-14H,34-37H2. The third-order valence-electron chi connectivity index (χ3n) is 6.34. The number of rotatable bonds is 4. The fourth-order valence-corrected chi connectivity index (χ4v) is 4.64. The maximum absolute atomic E-state index is 15.2. The molecule has 8 N–H and O–H groups in total. The van der Waals surface area contributed by atoms with Gasteiger partial charge in [0.1, 0.15) is 0 Å². The molecule has 4 aromatic carbocycles. The first-order valence-electron chi connectivity index (χ1n) is 10.9. The minimum atomic E-state index is -5.90. The van der Waals surface area contributed by atoms with E-state index >= 15 is 26.3 Å². The van der Waals surface area contributed by atoms with Gasteiger partial charge in [-0.15, -0.1) is 0 Å². The van der Waals surface area contributed by atoms with Crippen molar-refractivity contribution < 1.29 is 26.3 Å². The highest BCUT2D eigenvalue weighted by atomic mass is 19.4. The van der Waals surface area contributed by atoms with E-state index in [1.54, 1.807) is 12.1 Å². The number of nitrogens with two attached hydrogens (primary N) is 4. The van der Waals surface area contributed by atoms with E-state index in [-0.39, 0.29) is 22.5 Å². The van der Waals surface area contributed by atoms with Crippen LogP contribution < -0.4 is 22.9 Å². The van der Waals surface area contributed by atoms with Gasteiger partial charge in [0.25, 0.3) is 0 Å². The minimum Gasteiger partial charge on any atom is -0.397 e. The van der Waals surface area contributed by atoms with Crippen LogP contribution in [0.3, 0.4) is 0 Å². The van der Waals surface area contributed by atoms with E-state index in [0.29, 0.717) is 0 Å². The predicted octanol–water partition coefficient (Wildman–Crippen LogP) is 6.76. The van der Waals surface area contributed by atoms with Gasteiger partial charge < -0.3 is 22.9 Å². The third kappa shape index (κ3) is 3.98. The van der Waals surface area contributed by atoms with Crippen molar-refractivity contribution >= 4 is 22.7 Å². The zero-order valence-corrected chi connectivity index (χ0v) is 19.2. The van der Waals surface area contributed by atoms with E-state index in [4.69, 9.17) is 22.9 Å². The number of alkyl halides is 6. The van der Waals surface area contributed by atoms with Gasteiger partial charge in [-0.2, -0.15) is 26.3 Å². The van der Waals surface area contributed by atoms with Crippen LogP contribution in [0.4, 0.5) is 49.1 Å². The monoisotopic (exact) mass is 516 g/mol. The zero-order valence-electron chi connectivity index (χ0n) is 19.2. The van der Waals surface area contributed by atoms with E-state index in [2.05, 4.69) is 0 Å². The van der Waals surface area contributed by atoms with Gasteiger partial charge in [-0.3, -0.25) is 0 Å². The van der Waals surface area contributed by atoms with E-state index in [9.17, 15) is 0 Å². The topological polar surface area (TPSA) is 104 Å². The van der Waals surface area contributed by atoms with Crippen LogP contribution in [0.25, 0.3) is 22.3 Å². The van der Waals surface area contributed by atoms with E-state index < -0.39 is 51.4 Å². The summed E-state index contributed by atoms with van der Waals surface area (Å²) in [6, 6.07) is 17.8. The van der Waals surface area contributed by atoms with Crippen LogP contribution in [0, 0.1) is 0 Å². The SMILES string of the molecule is Nc1ccc(C(c2ccc(N)c(N)c2-c2ccccc2)(C(F)(F)F)C(F)(F)F)c(-c2ccccc2)c1N. The molecule has 0 atom stereocenters. The van der Waals surface area contributed by atoms with Crippen LogP contribution in [-0.2, 0) is 5.41 Å². The number of benzene rings is 4. The molecule has 0 unspecified atom stereocenters. The van der Waals surface area contributed by atoms with E-state index in [0.717, 1.165) is 24.3 Å². The Hall–Kier alpha value is -4.34. The molecule has 0 bridgehead atoms. The normalized spacial score (nSPS) is 12.5. The molecular formula is C27H22F6N4. The summed E-state index contributed by atoms with van der Waals surface area (Å²) in [5.41, 5.74) is 15.0. The van der Waals surface area contributed by atoms with Gasteiger partial charge in [-0.25, -0.2) is 0 Å². The first-order valence-corrected chi connectivity index (χ1v) is 10.9. The molecule has 0 aliphatic rings. The summed E-state index contributed by atoms with van der Waals surface area (Å²) in [6.45, 7) is 0. The highest BCUT2D eigenvalue weighted by Crippen LogP contribution is 2.61. The molecule has 0 amide bonds. The largest absolute Gasteiger partial charge is 0.411 e. The Morgan fingerprint density at radius 1 is 0.432 bits per heavy atom. The van der Waals surface area contributed by atoms with Gasteiger partial charge in [-0.1, -0.05) is 72.8 Å². The minimum absolute atomic E-state index is 0.0323. The summed E-state index contributed by atoms with van der Waals surface area (Å²) in [6.07, 6.45) is -11.8. The van der Waals surface area contributed by atoms with Gasteiger partial charge in [-0.05, 0) is 34.4 Å². The first kappa shape index (κ1) is 25.7. The average Bonchev–Trinajstić information content (AvgIpc) is 2.83. The van der Waals surface area contributed by atoms with Gasteiger partial charge >= 0.3 is 12.4 Å². The Kier molecular flexibility index (Phi) is 6.23. The molecule has 192 valence electrons. The van der Waals surface area contributed by atoms with Crippen molar-refractivity contribution in [3.8, 4) is 22.3 Å². The van der Waals surface area contributed by atoms with Crippen LogP contribution >= 0.6 is 0 Å². The predicted molar refractivity (Wildman–Crippen MR) is 134 cm³/mol. The molecule has 37 heavy (non-hydrogen) atoms. The van der Waals surface area contributed by atoms with Crippen molar-refractivity contribution in [3.63, 3.8) is 0 Å². The Balaban J connectivity index is 2.29. The summed E-state index contributed by atoms with van der Waals surface area (Å²) in [4.78, 5) is 0. The van der Waals surface area contributed by atoms with Gasteiger partial charge in [0.15, 0.2) is 0 Å². The number of halogens is 6. The summed E-state index contributed by atoms with van der Waals surface area (Å²) in [5, 5.41) is 0. The lowest BCUT2D eigenvalue weighted by atomic mass is 9.67. The molecule has 0 radical (unpaired) electrons. The molecular weight excluding hydrogens is 494 g/mol. The molecule has 0 saturated carbocycles. The Morgan fingerprint density at radius 2 is 0.757 bits per heavy atom. The average molecular weight is 516 g/mol. The molecule has 0 saturated heterocycles. The third-order valence-corrected chi connectivity index (χ3v) is 6.34. The molecule has 0 aliphatic carbocycles.